The molecule has 1 heterocycles. The van der Waals surface area contributed by atoms with Crippen LogP contribution in [0, 0.1) is 5.92 Å². The van der Waals surface area contributed by atoms with Crippen LogP contribution in [0.5, 0.6) is 0 Å². The smallest absolute Gasteiger partial charge is 0.234 e. The normalized spacial score (nSPS) is 18.1. The van der Waals surface area contributed by atoms with Gasteiger partial charge in [0, 0.05) is 12.2 Å². The van der Waals surface area contributed by atoms with Crippen LogP contribution < -0.4 is 10.6 Å². The van der Waals surface area contributed by atoms with E-state index in [1.54, 1.807) is 0 Å². The molecule has 1 fully saturated rings. The van der Waals surface area contributed by atoms with Gasteiger partial charge in [0.05, 0.1) is 18.5 Å². The minimum atomic E-state index is -0.0873. The molecule has 0 aliphatic carbocycles. The zero-order valence-corrected chi connectivity index (χ0v) is 17.4. The van der Waals surface area contributed by atoms with Gasteiger partial charge in [-0.05, 0) is 56.0 Å². The number of nitrogens with one attached hydrogen (secondary N) is 2. The quantitative estimate of drug-likeness (QED) is 0.753. The van der Waals surface area contributed by atoms with Crippen molar-refractivity contribution in [2.24, 2.45) is 5.92 Å². The zero-order valence-electron chi connectivity index (χ0n) is 17.4. The zero-order chi connectivity index (χ0) is 20.6. The molecular weight excluding hydrogens is 362 g/mol. The van der Waals surface area contributed by atoms with Gasteiger partial charge < -0.3 is 10.6 Å². The highest BCUT2D eigenvalue weighted by atomic mass is 16.2. The lowest BCUT2D eigenvalue weighted by Gasteiger charge is -2.31. The Labute approximate surface area is 173 Å². The largest absolute Gasteiger partial charge is 0.348 e. The predicted octanol–water partition coefficient (Wildman–Crippen LogP) is 3.78. The average molecular weight is 394 g/mol. The number of nitrogens with zero attached hydrogens (tertiary/aromatic N) is 1. The number of hydrogen-bond donors (Lipinski definition) is 2. The van der Waals surface area contributed by atoms with Gasteiger partial charge in [0.2, 0.25) is 11.8 Å². The van der Waals surface area contributed by atoms with E-state index < -0.39 is 0 Å². The maximum atomic E-state index is 12.6. The molecule has 5 nitrogen and oxygen atoms in total. The standard InChI is InChI=1S/C24H31N3O2/c1-3-19-11-13-20(14-12-19)18(2)25-23(28)17-27-15-7-8-21(16-27)24(29)26-22-9-5-4-6-10-22/h4-6,9-14,18,21H,3,7-8,15-17H2,1-2H3,(H,25,28)(H,26,29)/t18-,21+/m1/s1. The van der Waals surface area contributed by atoms with E-state index in [1.807, 2.05) is 37.3 Å². The molecule has 2 N–H and O–H groups in total. The van der Waals surface area contributed by atoms with E-state index in [2.05, 4.69) is 46.7 Å². The van der Waals surface area contributed by atoms with Crippen molar-refractivity contribution in [3.8, 4) is 0 Å². The number of likely N-dealkylation sites (tertiary alicyclic amines) is 1. The molecule has 2 aromatic rings. The number of carbonyl (C=O) groups excluding carboxylic acids is 2. The number of piperidine rings is 1. The number of anilines is 1. The third kappa shape index (κ3) is 6.16. The lowest BCUT2D eigenvalue weighted by molar-refractivity contribution is -0.126. The van der Waals surface area contributed by atoms with Crippen molar-refractivity contribution in [1.82, 2.24) is 10.2 Å². The molecule has 0 bridgehead atoms. The van der Waals surface area contributed by atoms with Crippen LogP contribution in [0.25, 0.3) is 0 Å². The van der Waals surface area contributed by atoms with Gasteiger partial charge in [0.25, 0.3) is 0 Å². The third-order valence-electron chi connectivity index (χ3n) is 5.55. The molecule has 3 rings (SSSR count). The Morgan fingerprint density at radius 2 is 1.83 bits per heavy atom. The minimum Gasteiger partial charge on any atom is -0.348 e. The Hall–Kier alpha value is -2.66. The fraction of sp³-hybridized carbons (Fsp3) is 0.417. The molecule has 1 saturated heterocycles. The molecule has 0 aromatic heterocycles. The summed E-state index contributed by atoms with van der Waals surface area (Å²) in [7, 11) is 0. The summed E-state index contributed by atoms with van der Waals surface area (Å²) in [5.74, 6) is -0.0531. The maximum absolute atomic E-state index is 12.6. The fourth-order valence-corrected chi connectivity index (χ4v) is 3.79. The van der Waals surface area contributed by atoms with Crippen molar-refractivity contribution in [3.05, 3.63) is 65.7 Å². The molecule has 0 spiro atoms. The first-order chi connectivity index (χ1) is 14.0. The summed E-state index contributed by atoms with van der Waals surface area (Å²) < 4.78 is 0. The molecule has 1 aliphatic rings. The Bertz CT molecular complexity index is 805. The number of hydrogen-bond acceptors (Lipinski definition) is 3. The molecule has 0 saturated carbocycles. The van der Waals surface area contributed by atoms with Gasteiger partial charge in [0.15, 0.2) is 0 Å². The van der Waals surface area contributed by atoms with Gasteiger partial charge in [-0.3, -0.25) is 14.5 Å². The monoisotopic (exact) mass is 393 g/mol. The van der Waals surface area contributed by atoms with Crippen molar-refractivity contribution in [1.29, 1.82) is 0 Å². The Kier molecular flexibility index (Phi) is 7.42. The molecule has 0 radical (unpaired) electrons. The van der Waals surface area contributed by atoms with Crippen LogP contribution in [0.3, 0.4) is 0 Å². The number of amides is 2. The average Bonchev–Trinajstić information content (AvgIpc) is 2.74. The van der Waals surface area contributed by atoms with Crippen molar-refractivity contribution < 1.29 is 9.59 Å². The molecule has 2 aromatic carbocycles. The molecule has 0 unspecified atom stereocenters. The number of benzene rings is 2. The Morgan fingerprint density at radius 1 is 1.10 bits per heavy atom. The number of carbonyl (C=O) groups is 2. The third-order valence-corrected chi connectivity index (χ3v) is 5.55. The second kappa shape index (κ2) is 10.2. The van der Waals surface area contributed by atoms with Crippen molar-refractivity contribution in [2.45, 2.75) is 39.2 Å². The topological polar surface area (TPSA) is 61.4 Å². The Morgan fingerprint density at radius 3 is 2.52 bits per heavy atom. The molecule has 2 amide bonds. The Balaban J connectivity index is 1.48. The summed E-state index contributed by atoms with van der Waals surface area (Å²) in [4.78, 5) is 27.2. The van der Waals surface area contributed by atoms with E-state index in [0.717, 1.165) is 37.1 Å². The lowest BCUT2D eigenvalue weighted by Crippen LogP contribution is -2.45. The van der Waals surface area contributed by atoms with Gasteiger partial charge in [0.1, 0.15) is 0 Å². The van der Waals surface area contributed by atoms with Gasteiger partial charge in [-0.25, -0.2) is 0 Å². The first kappa shape index (κ1) is 21.1. The maximum Gasteiger partial charge on any atom is 0.234 e. The lowest BCUT2D eigenvalue weighted by atomic mass is 9.97. The van der Waals surface area contributed by atoms with Crippen molar-refractivity contribution >= 4 is 17.5 Å². The highest BCUT2D eigenvalue weighted by molar-refractivity contribution is 5.92. The fourth-order valence-electron chi connectivity index (χ4n) is 3.79. The molecule has 2 atom stereocenters. The van der Waals surface area contributed by atoms with E-state index in [0.29, 0.717) is 13.1 Å². The highest BCUT2D eigenvalue weighted by Crippen LogP contribution is 2.19. The first-order valence-electron chi connectivity index (χ1n) is 10.5. The highest BCUT2D eigenvalue weighted by Gasteiger charge is 2.27. The number of para-hydroxylation sites is 1. The number of rotatable bonds is 7. The molecule has 5 heteroatoms. The summed E-state index contributed by atoms with van der Waals surface area (Å²) in [6.07, 6.45) is 2.79. The van der Waals surface area contributed by atoms with E-state index in [-0.39, 0.29) is 23.8 Å². The molecule has 29 heavy (non-hydrogen) atoms. The van der Waals surface area contributed by atoms with Gasteiger partial charge >= 0.3 is 0 Å². The summed E-state index contributed by atoms with van der Waals surface area (Å²) in [6.45, 7) is 5.93. The number of aryl methyl sites for hydroxylation is 1. The second-order valence-corrected chi connectivity index (χ2v) is 7.81. The van der Waals surface area contributed by atoms with Gasteiger partial charge in [-0.2, -0.15) is 0 Å². The summed E-state index contributed by atoms with van der Waals surface area (Å²) in [5, 5.41) is 6.07. The van der Waals surface area contributed by atoms with Crippen molar-refractivity contribution in [3.63, 3.8) is 0 Å². The van der Waals surface area contributed by atoms with E-state index in [9.17, 15) is 9.59 Å². The van der Waals surface area contributed by atoms with Crippen LogP contribution >= 0.6 is 0 Å². The SMILES string of the molecule is CCc1ccc([C@@H](C)NC(=O)CN2CCC[C@H](C(=O)Nc3ccccc3)C2)cc1. The van der Waals surface area contributed by atoms with Crippen LogP contribution in [0.2, 0.25) is 0 Å². The van der Waals surface area contributed by atoms with E-state index in [1.165, 1.54) is 5.56 Å². The van der Waals surface area contributed by atoms with Gasteiger partial charge in [-0.1, -0.05) is 49.4 Å². The second-order valence-electron chi connectivity index (χ2n) is 7.81. The molecule has 154 valence electrons. The van der Waals surface area contributed by atoms with Crippen LogP contribution in [0.4, 0.5) is 5.69 Å². The predicted molar refractivity (Wildman–Crippen MR) is 117 cm³/mol. The van der Waals surface area contributed by atoms with Crippen molar-refractivity contribution in [2.75, 3.05) is 25.0 Å². The first-order valence-corrected chi connectivity index (χ1v) is 10.5. The van der Waals surface area contributed by atoms with Crippen LogP contribution in [-0.2, 0) is 16.0 Å². The molecule has 1 aliphatic heterocycles. The van der Waals surface area contributed by atoms with Crippen LogP contribution in [0.15, 0.2) is 54.6 Å². The van der Waals surface area contributed by atoms with E-state index in [4.69, 9.17) is 0 Å². The summed E-state index contributed by atoms with van der Waals surface area (Å²) >= 11 is 0. The molecular formula is C24H31N3O2. The summed E-state index contributed by atoms with van der Waals surface area (Å²) in [6, 6.07) is 17.9. The van der Waals surface area contributed by atoms with Crippen LogP contribution in [0.1, 0.15) is 43.9 Å². The minimum absolute atomic E-state index is 0.00110. The summed E-state index contributed by atoms with van der Waals surface area (Å²) in [5.41, 5.74) is 3.21. The van der Waals surface area contributed by atoms with E-state index >= 15 is 0 Å². The van der Waals surface area contributed by atoms with Gasteiger partial charge in [-0.15, -0.1) is 0 Å². The van der Waals surface area contributed by atoms with Crippen LogP contribution in [-0.4, -0.2) is 36.3 Å².